The second-order valence-corrected chi connectivity index (χ2v) is 8.56. The molecule has 0 radical (unpaired) electrons. The van der Waals surface area contributed by atoms with Crippen LogP contribution < -0.4 is 5.32 Å². The highest BCUT2D eigenvalue weighted by molar-refractivity contribution is 7.92. The van der Waals surface area contributed by atoms with Crippen LogP contribution in [0.15, 0.2) is 66.6 Å². The third-order valence-corrected chi connectivity index (χ3v) is 5.77. The minimum Gasteiger partial charge on any atom is -0.323 e. The first-order valence-corrected chi connectivity index (χ1v) is 10.6. The highest BCUT2D eigenvalue weighted by Crippen LogP contribution is 2.33. The minimum atomic E-state index is -4.64. The quantitative estimate of drug-likeness (QED) is 0.578. The van der Waals surface area contributed by atoms with E-state index in [2.05, 4.69) is 15.4 Å². The molecule has 12 heteroatoms. The summed E-state index contributed by atoms with van der Waals surface area (Å²) in [5.74, 6) is -0.829. The lowest BCUT2D eigenvalue weighted by Crippen LogP contribution is -2.34. The van der Waals surface area contributed by atoms with Gasteiger partial charge in [-0.15, -0.1) is 0 Å². The topological polar surface area (TPSA) is 97.2 Å². The fourth-order valence-electron chi connectivity index (χ4n) is 2.66. The molecule has 32 heavy (non-hydrogen) atoms. The lowest BCUT2D eigenvalue weighted by atomic mass is 10.1. The molecule has 0 atom stereocenters. The Kier molecular flexibility index (Phi) is 6.75. The van der Waals surface area contributed by atoms with Crippen LogP contribution in [-0.4, -0.2) is 47.0 Å². The van der Waals surface area contributed by atoms with Crippen molar-refractivity contribution in [2.45, 2.75) is 6.18 Å². The molecule has 1 N–H and O–H groups in total. The van der Waals surface area contributed by atoms with Crippen LogP contribution in [0.25, 0.3) is 11.8 Å². The number of nitrogens with zero attached hydrogens (tertiary/aromatic N) is 4. The molecule has 0 saturated carbocycles. The van der Waals surface area contributed by atoms with Crippen molar-refractivity contribution in [2.75, 3.05) is 18.9 Å². The SMILES string of the molecule is CN(CC(=O)Nc1cc(C(F)(F)F)ccc1-n1cncn1)S(=O)(=O)C=Cc1ccccc1. The van der Waals surface area contributed by atoms with Gasteiger partial charge in [0.25, 0.3) is 0 Å². The van der Waals surface area contributed by atoms with Crippen molar-refractivity contribution in [3.05, 3.63) is 77.7 Å². The molecule has 0 unspecified atom stereocenters. The van der Waals surface area contributed by atoms with E-state index in [1.54, 1.807) is 30.3 Å². The number of amides is 1. The van der Waals surface area contributed by atoms with Crippen LogP contribution >= 0.6 is 0 Å². The molecule has 0 saturated heterocycles. The lowest BCUT2D eigenvalue weighted by Gasteiger charge is -2.17. The summed E-state index contributed by atoms with van der Waals surface area (Å²) in [6.45, 7) is -0.617. The summed E-state index contributed by atoms with van der Waals surface area (Å²) < 4.78 is 66.2. The van der Waals surface area contributed by atoms with E-state index in [-0.39, 0.29) is 11.4 Å². The molecule has 0 aliphatic carbocycles. The maximum Gasteiger partial charge on any atom is 0.416 e. The van der Waals surface area contributed by atoms with Crippen LogP contribution in [0, 0.1) is 0 Å². The Balaban J connectivity index is 1.78. The van der Waals surface area contributed by atoms with Crippen molar-refractivity contribution in [3.63, 3.8) is 0 Å². The van der Waals surface area contributed by atoms with Crippen molar-refractivity contribution in [1.29, 1.82) is 0 Å². The van der Waals surface area contributed by atoms with E-state index in [1.165, 1.54) is 30.5 Å². The molecular weight excluding hydrogens is 447 g/mol. The summed E-state index contributed by atoms with van der Waals surface area (Å²) >= 11 is 0. The lowest BCUT2D eigenvalue weighted by molar-refractivity contribution is -0.137. The Bertz CT molecular complexity index is 1210. The predicted molar refractivity (Wildman–Crippen MR) is 112 cm³/mol. The highest BCUT2D eigenvalue weighted by Gasteiger charge is 2.31. The number of hydrogen-bond donors (Lipinski definition) is 1. The summed E-state index contributed by atoms with van der Waals surface area (Å²) in [6, 6.07) is 11.4. The Hall–Kier alpha value is -3.51. The molecule has 0 aliphatic rings. The molecule has 1 heterocycles. The highest BCUT2D eigenvalue weighted by atomic mass is 32.2. The number of aromatic nitrogens is 3. The number of anilines is 1. The second-order valence-electron chi connectivity index (χ2n) is 6.63. The van der Waals surface area contributed by atoms with Gasteiger partial charge in [0.05, 0.1) is 23.5 Å². The zero-order valence-electron chi connectivity index (χ0n) is 16.7. The summed E-state index contributed by atoms with van der Waals surface area (Å²) in [7, 11) is -2.76. The van der Waals surface area contributed by atoms with Crippen LogP contribution in [-0.2, 0) is 21.0 Å². The van der Waals surface area contributed by atoms with E-state index in [9.17, 15) is 26.4 Å². The molecule has 0 spiro atoms. The second kappa shape index (κ2) is 9.32. The molecular formula is C20H18F3N5O3S. The molecule has 0 aliphatic heterocycles. The van der Waals surface area contributed by atoms with Crippen molar-refractivity contribution < 1.29 is 26.4 Å². The average molecular weight is 465 g/mol. The normalized spacial score (nSPS) is 12.4. The maximum absolute atomic E-state index is 13.1. The Morgan fingerprint density at radius 1 is 1.19 bits per heavy atom. The Labute approximate surface area is 182 Å². The number of sulfonamides is 1. The number of carbonyl (C=O) groups excluding carboxylic acids is 1. The summed E-state index contributed by atoms with van der Waals surface area (Å²) in [6.07, 6.45) is -0.825. The third kappa shape index (κ3) is 5.80. The van der Waals surface area contributed by atoms with Gasteiger partial charge in [-0.05, 0) is 29.8 Å². The monoisotopic (exact) mass is 465 g/mol. The molecule has 8 nitrogen and oxygen atoms in total. The van der Waals surface area contributed by atoms with Gasteiger partial charge in [-0.25, -0.2) is 18.1 Å². The number of carbonyl (C=O) groups is 1. The Morgan fingerprint density at radius 3 is 2.53 bits per heavy atom. The number of hydrogen-bond acceptors (Lipinski definition) is 5. The van der Waals surface area contributed by atoms with Gasteiger partial charge in [0.1, 0.15) is 12.7 Å². The number of benzene rings is 2. The standard InChI is InChI=1S/C20H18F3N5O3S/c1-27(32(30,31)10-9-15-5-3-2-4-6-15)12-19(29)26-17-11-16(20(21,22)23)7-8-18(17)28-14-24-13-25-28/h2-11,13-14H,12H2,1H3,(H,26,29). The van der Waals surface area contributed by atoms with Gasteiger partial charge in [0.15, 0.2) is 0 Å². The number of nitrogens with one attached hydrogen (secondary N) is 1. The van der Waals surface area contributed by atoms with E-state index in [1.807, 2.05) is 0 Å². The number of rotatable bonds is 7. The molecule has 0 fully saturated rings. The van der Waals surface area contributed by atoms with Gasteiger partial charge < -0.3 is 5.32 Å². The largest absolute Gasteiger partial charge is 0.416 e. The van der Waals surface area contributed by atoms with E-state index < -0.39 is 34.2 Å². The van der Waals surface area contributed by atoms with Crippen LogP contribution in [0.2, 0.25) is 0 Å². The molecule has 2 aromatic carbocycles. The molecule has 3 rings (SSSR count). The van der Waals surface area contributed by atoms with Crippen molar-refractivity contribution in [1.82, 2.24) is 19.1 Å². The molecule has 0 bridgehead atoms. The summed E-state index contributed by atoms with van der Waals surface area (Å²) in [5.41, 5.74) is -0.391. The smallest absolute Gasteiger partial charge is 0.323 e. The first-order valence-electron chi connectivity index (χ1n) is 9.12. The Morgan fingerprint density at radius 2 is 1.91 bits per heavy atom. The number of halogens is 3. The first-order chi connectivity index (χ1) is 15.1. The van der Waals surface area contributed by atoms with Crippen LogP contribution in [0.3, 0.4) is 0 Å². The van der Waals surface area contributed by atoms with E-state index in [0.717, 1.165) is 27.9 Å². The van der Waals surface area contributed by atoms with Crippen LogP contribution in [0.1, 0.15) is 11.1 Å². The summed E-state index contributed by atoms with van der Waals surface area (Å²) in [4.78, 5) is 16.2. The van der Waals surface area contributed by atoms with E-state index in [0.29, 0.717) is 5.56 Å². The zero-order valence-corrected chi connectivity index (χ0v) is 17.5. The zero-order chi connectivity index (χ0) is 23.4. The van der Waals surface area contributed by atoms with Gasteiger partial charge in [0.2, 0.25) is 15.9 Å². The fraction of sp³-hybridized carbons (Fsp3) is 0.150. The van der Waals surface area contributed by atoms with Crippen molar-refractivity contribution in [2.24, 2.45) is 0 Å². The fourth-order valence-corrected chi connectivity index (χ4v) is 3.49. The van der Waals surface area contributed by atoms with Crippen LogP contribution in [0.5, 0.6) is 0 Å². The van der Waals surface area contributed by atoms with Crippen molar-refractivity contribution >= 4 is 27.7 Å². The number of likely N-dealkylation sites (N-methyl/N-ethyl adjacent to an activating group) is 1. The predicted octanol–water partition coefficient (Wildman–Crippen LogP) is 3.16. The van der Waals surface area contributed by atoms with Gasteiger partial charge in [-0.2, -0.15) is 22.6 Å². The average Bonchev–Trinajstić information content (AvgIpc) is 3.27. The molecule has 168 valence electrons. The van der Waals surface area contributed by atoms with Crippen molar-refractivity contribution in [3.8, 4) is 5.69 Å². The summed E-state index contributed by atoms with van der Waals surface area (Å²) in [5, 5.41) is 7.13. The molecule has 1 aromatic heterocycles. The van der Waals surface area contributed by atoms with E-state index in [4.69, 9.17) is 0 Å². The maximum atomic E-state index is 13.1. The third-order valence-electron chi connectivity index (χ3n) is 4.30. The van der Waals surface area contributed by atoms with Crippen LogP contribution in [0.4, 0.5) is 18.9 Å². The first kappa shape index (κ1) is 23.2. The van der Waals surface area contributed by atoms with Gasteiger partial charge in [-0.3, -0.25) is 4.79 Å². The molecule has 1 amide bonds. The van der Waals surface area contributed by atoms with Gasteiger partial charge in [-0.1, -0.05) is 30.3 Å². The van der Waals surface area contributed by atoms with Gasteiger partial charge in [0, 0.05) is 12.5 Å². The number of alkyl halides is 3. The molecule has 3 aromatic rings. The minimum absolute atomic E-state index is 0.137. The van der Waals surface area contributed by atoms with E-state index >= 15 is 0 Å². The van der Waals surface area contributed by atoms with Gasteiger partial charge >= 0.3 is 6.18 Å².